The Kier molecular flexibility index (Phi) is 5.25. The molecule has 0 amide bonds. The van der Waals surface area contributed by atoms with Crippen LogP contribution in [0.15, 0.2) is 58.4 Å². The molecule has 0 spiro atoms. The summed E-state index contributed by atoms with van der Waals surface area (Å²) in [6.07, 6.45) is 0.928. The van der Waals surface area contributed by atoms with Gasteiger partial charge in [0.2, 0.25) is 0 Å². The summed E-state index contributed by atoms with van der Waals surface area (Å²) in [4.78, 5) is 6.23. The van der Waals surface area contributed by atoms with Crippen LogP contribution in [0.25, 0.3) is 10.6 Å². The second-order valence-electron chi connectivity index (χ2n) is 6.51. The van der Waals surface area contributed by atoms with Gasteiger partial charge in [0.15, 0.2) is 0 Å². The van der Waals surface area contributed by atoms with Gasteiger partial charge in [-0.25, -0.2) is 0 Å². The first-order valence-electron chi connectivity index (χ1n) is 8.85. The SMILES string of the molecule is c1ccc(CN2CCN(CCc3cc(-c4cccs4)no3)CC2)cc1. The van der Waals surface area contributed by atoms with E-state index in [1.165, 1.54) is 10.4 Å². The third kappa shape index (κ3) is 4.37. The van der Waals surface area contributed by atoms with Crippen molar-refractivity contribution in [2.45, 2.75) is 13.0 Å². The maximum atomic E-state index is 5.50. The Morgan fingerprint density at radius 2 is 1.76 bits per heavy atom. The molecule has 130 valence electrons. The first-order chi connectivity index (χ1) is 12.4. The van der Waals surface area contributed by atoms with Crippen LogP contribution in [0.5, 0.6) is 0 Å². The van der Waals surface area contributed by atoms with Gasteiger partial charge in [0, 0.05) is 51.8 Å². The summed E-state index contributed by atoms with van der Waals surface area (Å²) in [7, 11) is 0. The molecule has 4 rings (SSSR count). The summed E-state index contributed by atoms with van der Waals surface area (Å²) in [5, 5.41) is 6.26. The monoisotopic (exact) mass is 353 g/mol. The molecule has 25 heavy (non-hydrogen) atoms. The van der Waals surface area contributed by atoms with Gasteiger partial charge in [-0.3, -0.25) is 4.90 Å². The molecule has 1 aromatic carbocycles. The number of aromatic nitrogens is 1. The fraction of sp³-hybridized carbons (Fsp3) is 0.350. The van der Waals surface area contributed by atoms with Crippen molar-refractivity contribution in [2.75, 3.05) is 32.7 Å². The van der Waals surface area contributed by atoms with Crippen LogP contribution in [0.2, 0.25) is 0 Å². The Labute approximate surface area is 152 Å². The van der Waals surface area contributed by atoms with E-state index < -0.39 is 0 Å². The molecule has 1 aliphatic rings. The van der Waals surface area contributed by atoms with Crippen LogP contribution in [0.1, 0.15) is 11.3 Å². The van der Waals surface area contributed by atoms with Crippen molar-refractivity contribution in [1.29, 1.82) is 0 Å². The first kappa shape index (κ1) is 16.5. The number of piperazine rings is 1. The van der Waals surface area contributed by atoms with Crippen molar-refractivity contribution in [3.8, 4) is 10.6 Å². The molecule has 1 fully saturated rings. The van der Waals surface area contributed by atoms with Gasteiger partial charge < -0.3 is 9.42 Å². The summed E-state index contributed by atoms with van der Waals surface area (Å²) in [5.74, 6) is 0.982. The molecule has 0 N–H and O–H groups in total. The normalized spacial score (nSPS) is 16.3. The highest BCUT2D eigenvalue weighted by Gasteiger charge is 2.17. The van der Waals surface area contributed by atoms with Gasteiger partial charge >= 0.3 is 0 Å². The zero-order chi connectivity index (χ0) is 16.9. The Bertz CT molecular complexity index is 761. The number of thiophene rings is 1. The fourth-order valence-electron chi connectivity index (χ4n) is 3.25. The first-order valence-corrected chi connectivity index (χ1v) is 9.73. The lowest BCUT2D eigenvalue weighted by atomic mass is 10.2. The number of hydrogen-bond acceptors (Lipinski definition) is 5. The summed E-state index contributed by atoms with van der Waals surface area (Å²) in [5.41, 5.74) is 2.36. The molecule has 3 heterocycles. The number of nitrogens with zero attached hydrogens (tertiary/aromatic N) is 3. The Balaban J connectivity index is 1.23. The highest BCUT2D eigenvalue weighted by Crippen LogP contribution is 2.24. The van der Waals surface area contributed by atoms with Crippen LogP contribution in [0.3, 0.4) is 0 Å². The van der Waals surface area contributed by atoms with Gasteiger partial charge in [-0.15, -0.1) is 11.3 Å². The molecule has 4 nitrogen and oxygen atoms in total. The van der Waals surface area contributed by atoms with Crippen LogP contribution < -0.4 is 0 Å². The highest BCUT2D eigenvalue weighted by atomic mass is 32.1. The minimum atomic E-state index is 0.928. The number of hydrogen-bond donors (Lipinski definition) is 0. The lowest BCUT2D eigenvalue weighted by molar-refractivity contribution is 0.126. The summed E-state index contributed by atoms with van der Waals surface area (Å²) in [6, 6.07) is 16.9. The molecule has 3 aromatic rings. The molecule has 0 radical (unpaired) electrons. The van der Waals surface area contributed by atoms with E-state index in [0.29, 0.717) is 0 Å². The van der Waals surface area contributed by atoms with Gasteiger partial charge in [-0.2, -0.15) is 0 Å². The average molecular weight is 353 g/mol. The van der Waals surface area contributed by atoms with Gasteiger partial charge in [-0.05, 0) is 17.0 Å². The Morgan fingerprint density at radius 3 is 2.52 bits per heavy atom. The molecule has 0 saturated carbocycles. The fourth-order valence-corrected chi connectivity index (χ4v) is 3.93. The predicted molar refractivity (Wildman–Crippen MR) is 102 cm³/mol. The van der Waals surface area contributed by atoms with Gasteiger partial charge in [0.05, 0.1) is 4.88 Å². The highest BCUT2D eigenvalue weighted by molar-refractivity contribution is 7.13. The van der Waals surface area contributed by atoms with E-state index in [2.05, 4.69) is 62.8 Å². The molecule has 5 heteroatoms. The topological polar surface area (TPSA) is 32.5 Å². The van der Waals surface area contributed by atoms with E-state index in [9.17, 15) is 0 Å². The molecule has 1 aliphatic heterocycles. The average Bonchev–Trinajstić information content (AvgIpc) is 3.34. The van der Waals surface area contributed by atoms with E-state index in [-0.39, 0.29) is 0 Å². The quantitative estimate of drug-likeness (QED) is 0.675. The molecule has 1 saturated heterocycles. The maximum Gasteiger partial charge on any atom is 0.138 e. The summed E-state index contributed by atoms with van der Waals surface area (Å²) in [6.45, 7) is 6.61. The Morgan fingerprint density at radius 1 is 0.960 bits per heavy atom. The second kappa shape index (κ2) is 7.95. The van der Waals surface area contributed by atoms with Crippen molar-refractivity contribution < 1.29 is 4.52 Å². The van der Waals surface area contributed by atoms with Crippen molar-refractivity contribution in [1.82, 2.24) is 15.0 Å². The smallest absolute Gasteiger partial charge is 0.138 e. The number of rotatable bonds is 6. The zero-order valence-corrected chi connectivity index (χ0v) is 15.1. The van der Waals surface area contributed by atoms with Crippen LogP contribution in [-0.2, 0) is 13.0 Å². The second-order valence-corrected chi connectivity index (χ2v) is 7.46. The van der Waals surface area contributed by atoms with E-state index in [0.717, 1.165) is 57.1 Å². The summed E-state index contributed by atoms with van der Waals surface area (Å²) < 4.78 is 5.50. The van der Waals surface area contributed by atoms with Gasteiger partial charge in [0.1, 0.15) is 11.5 Å². The molecular formula is C20H23N3OS. The lowest BCUT2D eigenvalue weighted by Crippen LogP contribution is -2.46. The predicted octanol–water partition coefficient (Wildman–Crippen LogP) is 3.76. The lowest BCUT2D eigenvalue weighted by Gasteiger charge is -2.34. The van der Waals surface area contributed by atoms with E-state index in [1.807, 2.05) is 6.07 Å². The van der Waals surface area contributed by atoms with Gasteiger partial charge in [0.25, 0.3) is 0 Å². The third-order valence-corrected chi connectivity index (χ3v) is 5.61. The largest absolute Gasteiger partial charge is 0.361 e. The van der Waals surface area contributed by atoms with Crippen molar-refractivity contribution in [3.63, 3.8) is 0 Å². The van der Waals surface area contributed by atoms with Crippen LogP contribution in [0.4, 0.5) is 0 Å². The molecule has 2 aromatic heterocycles. The zero-order valence-electron chi connectivity index (χ0n) is 14.3. The van der Waals surface area contributed by atoms with Crippen molar-refractivity contribution in [2.24, 2.45) is 0 Å². The molecular weight excluding hydrogens is 330 g/mol. The molecule has 0 bridgehead atoms. The van der Waals surface area contributed by atoms with Gasteiger partial charge in [-0.1, -0.05) is 41.6 Å². The minimum Gasteiger partial charge on any atom is -0.361 e. The van der Waals surface area contributed by atoms with E-state index in [4.69, 9.17) is 4.52 Å². The van der Waals surface area contributed by atoms with Crippen molar-refractivity contribution in [3.05, 3.63) is 65.2 Å². The molecule has 0 unspecified atom stereocenters. The minimum absolute atomic E-state index is 0.928. The van der Waals surface area contributed by atoms with Crippen LogP contribution in [-0.4, -0.2) is 47.7 Å². The molecule has 0 atom stereocenters. The van der Waals surface area contributed by atoms with Crippen molar-refractivity contribution >= 4 is 11.3 Å². The van der Waals surface area contributed by atoms with Crippen LogP contribution >= 0.6 is 11.3 Å². The van der Waals surface area contributed by atoms with Crippen LogP contribution in [0, 0.1) is 0 Å². The standard InChI is InChI=1S/C20H23N3OS/c1-2-5-17(6-3-1)16-23-12-10-22(11-13-23)9-8-18-15-19(21-24-18)20-7-4-14-25-20/h1-7,14-15H,8-13,16H2. The maximum absolute atomic E-state index is 5.50. The Hall–Kier alpha value is -1.95. The van der Waals surface area contributed by atoms with E-state index >= 15 is 0 Å². The molecule has 0 aliphatic carbocycles. The van der Waals surface area contributed by atoms with E-state index in [1.54, 1.807) is 11.3 Å². The third-order valence-electron chi connectivity index (χ3n) is 4.72. The summed E-state index contributed by atoms with van der Waals surface area (Å²) >= 11 is 1.70. The number of benzene rings is 1.